The molecule has 0 saturated carbocycles. The molecule has 4 atom stereocenters. The van der Waals surface area contributed by atoms with Crippen LogP contribution in [0.5, 0.6) is 11.8 Å². The number of hydrogen-bond donors (Lipinski definition) is 0. The minimum atomic E-state index is -0.961. The Labute approximate surface area is 313 Å². The van der Waals surface area contributed by atoms with Crippen molar-refractivity contribution in [2.45, 2.75) is 95.6 Å². The number of fused-ring (bicyclic) bond motifs is 5. The first-order valence-corrected chi connectivity index (χ1v) is 18.9. The van der Waals surface area contributed by atoms with E-state index >= 15 is 8.78 Å². The van der Waals surface area contributed by atoms with Gasteiger partial charge in [0.25, 0.3) is 0 Å². The topological polar surface area (TPSA) is 80.3 Å². The Kier molecular flexibility index (Phi) is 8.87. The van der Waals surface area contributed by atoms with Gasteiger partial charge in [-0.2, -0.15) is 9.97 Å². The normalized spacial score (nSPS) is 25.3. The summed E-state index contributed by atoms with van der Waals surface area (Å²) in [5.74, 6) is 1.70. The lowest BCUT2D eigenvalue weighted by atomic mass is 9.92. The Morgan fingerprint density at radius 1 is 1.11 bits per heavy atom. The van der Waals surface area contributed by atoms with E-state index < -0.39 is 34.5 Å². The van der Waals surface area contributed by atoms with Crippen molar-refractivity contribution in [1.29, 1.82) is 0 Å². The van der Waals surface area contributed by atoms with Gasteiger partial charge in [0.1, 0.15) is 41.3 Å². The Balaban J connectivity index is 1.27. The van der Waals surface area contributed by atoms with Crippen molar-refractivity contribution in [3.63, 3.8) is 0 Å². The number of rotatable bonds is 7. The zero-order valence-electron chi connectivity index (χ0n) is 31.5. The summed E-state index contributed by atoms with van der Waals surface area (Å²) in [4.78, 5) is 28.8. The van der Waals surface area contributed by atoms with Gasteiger partial charge in [0.15, 0.2) is 5.82 Å². The van der Waals surface area contributed by atoms with Crippen molar-refractivity contribution in [2.75, 3.05) is 44.3 Å². The van der Waals surface area contributed by atoms with Gasteiger partial charge in [-0.1, -0.05) is 18.1 Å². The monoisotopic (exact) mass is 741 g/mol. The molecule has 1 amide bonds. The van der Waals surface area contributed by atoms with Crippen LogP contribution in [-0.4, -0.2) is 94.1 Å². The molecule has 8 rings (SSSR count). The maximum absolute atomic E-state index is 17.4. The number of anilines is 1. The van der Waals surface area contributed by atoms with Crippen LogP contribution in [0.3, 0.4) is 0 Å². The molecular weight excluding hydrogens is 695 g/mol. The van der Waals surface area contributed by atoms with Crippen LogP contribution in [-0.2, 0) is 4.74 Å². The summed E-state index contributed by atoms with van der Waals surface area (Å²) in [5, 5.41) is 1.35. The van der Waals surface area contributed by atoms with Gasteiger partial charge in [-0.25, -0.2) is 18.0 Å². The van der Waals surface area contributed by atoms with Crippen LogP contribution in [0.25, 0.3) is 32.8 Å². The van der Waals surface area contributed by atoms with Gasteiger partial charge < -0.3 is 19.1 Å². The lowest BCUT2D eigenvalue weighted by Gasteiger charge is -2.47. The molecule has 284 valence electrons. The number of carbonyl (C=O) groups is 1. The number of ether oxygens (including phenoxy) is 3. The fourth-order valence-corrected chi connectivity index (χ4v) is 9.40. The standard InChI is InChI=1S/C42H46F3N5O4/c1-7-25-11-9-12-26-17-29(52-8-2)18-30(33(25)26)34-32(44)19-31-36(35(34)45)46-38(53-24-42-14-10-16-49(42)21-27(43)20-42)47-37(31)48-22-28-13-15-41(6,23-48)50(28)39(51)54-40(3,4)5/h1,9,11-12,17-19,27-28H,8,10,13-16,20-24H2,2-6H3/t27-,28-,41+,42+/m1/s1. The number of amides is 1. The largest absolute Gasteiger partial charge is 0.494 e. The smallest absolute Gasteiger partial charge is 0.411 e. The van der Waals surface area contributed by atoms with E-state index in [0.29, 0.717) is 60.6 Å². The maximum Gasteiger partial charge on any atom is 0.411 e. The van der Waals surface area contributed by atoms with E-state index in [4.69, 9.17) is 25.6 Å². The molecule has 0 N–H and O–H groups in total. The van der Waals surface area contributed by atoms with Crippen LogP contribution in [0.15, 0.2) is 36.4 Å². The summed E-state index contributed by atoms with van der Waals surface area (Å²) in [6, 6.07) is 9.74. The average Bonchev–Trinajstić information content (AvgIpc) is 3.71. The predicted octanol–water partition coefficient (Wildman–Crippen LogP) is 8.04. The van der Waals surface area contributed by atoms with Gasteiger partial charge in [0, 0.05) is 48.0 Å². The van der Waals surface area contributed by atoms with Crippen LogP contribution < -0.4 is 14.4 Å². The van der Waals surface area contributed by atoms with Crippen molar-refractivity contribution >= 4 is 33.6 Å². The van der Waals surface area contributed by atoms with Crippen molar-refractivity contribution < 1.29 is 32.2 Å². The molecular formula is C42H46F3N5O4. The molecule has 4 fully saturated rings. The number of hydrogen-bond acceptors (Lipinski definition) is 8. The quantitative estimate of drug-likeness (QED) is 0.176. The molecule has 0 radical (unpaired) electrons. The van der Waals surface area contributed by atoms with Crippen molar-refractivity contribution in [2.24, 2.45) is 0 Å². The number of alkyl halides is 1. The molecule has 54 heavy (non-hydrogen) atoms. The summed E-state index contributed by atoms with van der Waals surface area (Å²) in [7, 11) is 0. The Hall–Kier alpha value is -4.76. The van der Waals surface area contributed by atoms with Crippen molar-refractivity contribution in [3.05, 3.63) is 53.6 Å². The van der Waals surface area contributed by atoms with Crippen LogP contribution in [0, 0.1) is 24.0 Å². The van der Waals surface area contributed by atoms with Crippen molar-refractivity contribution in [3.8, 4) is 35.2 Å². The predicted molar refractivity (Wildman–Crippen MR) is 202 cm³/mol. The zero-order chi connectivity index (χ0) is 38.2. The van der Waals surface area contributed by atoms with E-state index in [1.165, 1.54) is 6.07 Å². The van der Waals surface area contributed by atoms with Crippen molar-refractivity contribution in [1.82, 2.24) is 19.8 Å². The average molecular weight is 742 g/mol. The molecule has 2 bridgehead atoms. The number of carbonyl (C=O) groups excluding carboxylic acids is 1. The first kappa shape index (κ1) is 36.2. The summed E-state index contributed by atoms with van der Waals surface area (Å²) >= 11 is 0. The molecule has 0 spiro atoms. The van der Waals surface area contributed by atoms with Gasteiger partial charge in [0.05, 0.1) is 29.3 Å². The van der Waals surface area contributed by atoms with Crippen LogP contribution in [0.4, 0.5) is 23.8 Å². The van der Waals surface area contributed by atoms with E-state index in [2.05, 4.69) is 15.8 Å². The first-order chi connectivity index (χ1) is 25.7. The molecule has 3 aromatic carbocycles. The number of piperazine rings is 1. The van der Waals surface area contributed by atoms with E-state index in [1.807, 2.05) is 50.5 Å². The molecule has 0 unspecified atom stereocenters. The second-order valence-electron chi connectivity index (χ2n) is 16.5. The third kappa shape index (κ3) is 6.14. The van der Waals surface area contributed by atoms with Gasteiger partial charge in [0.2, 0.25) is 0 Å². The van der Waals surface area contributed by atoms with Crippen LogP contribution >= 0.6 is 0 Å². The fraction of sp³-hybridized carbons (Fsp3) is 0.500. The zero-order valence-corrected chi connectivity index (χ0v) is 31.5. The molecule has 0 aliphatic carbocycles. The minimum Gasteiger partial charge on any atom is -0.494 e. The number of terminal acetylenes is 1. The fourth-order valence-electron chi connectivity index (χ4n) is 9.40. The summed E-state index contributed by atoms with van der Waals surface area (Å²) in [5.41, 5.74) is -1.51. The molecule has 1 aromatic heterocycles. The molecule has 4 aliphatic heterocycles. The molecule has 4 saturated heterocycles. The molecule has 5 heterocycles. The highest BCUT2D eigenvalue weighted by Crippen LogP contribution is 2.46. The van der Waals surface area contributed by atoms with Gasteiger partial charge >= 0.3 is 12.1 Å². The highest BCUT2D eigenvalue weighted by molar-refractivity contribution is 6.04. The SMILES string of the molecule is C#Cc1cccc2cc(OCC)cc(-c3c(F)cc4c(N5C[C@H]6CC[C@@](C)(C5)N6C(=O)OC(C)(C)C)nc(OC[C@@]56CCCN5C[C@H](F)C6)nc4c3F)c12. The first-order valence-electron chi connectivity index (χ1n) is 18.9. The summed E-state index contributed by atoms with van der Waals surface area (Å²) < 4.78 is 66.8. The van der Waals surface area contributed by atoms with Crippen LogP contribution in [0.1, 0.15) is 72.3 Å². The van der Waals surface area contributed by atoms with E-state index in [9.17, 15) is 9.18 Å². The molecule has 12 heteroatoms. The lowest BCUT2D eigenvalue weighted by molar-refractivity contribution is -0.00281. The maximum atomic E-state index is 17.4. The van der Waals surface area contributed by atoms with Gasteiger partial charge in [-0.05, 0) is 96.5 Å². The summed E-state index contributed by atoms with van der Waals surface area (Å²) in [6.45, 7) is 11.7. The number of nitrogens with zero attached hydrogens (tertiary/aromatic N) is 5. The highest BCUT2D eigenvalue weighted by atomic mass is 19.1. The molecule has 4 aromatic rings. The molecule has 4 aliphatic rings. The highest BCUT2D eigenvalue weighted by Gasteiger charge is 2.53. The third-order valence-corrected chi connectivity index (χ3v) is 11.6. The Morgan fingerprint density at radius 3 is 2.67 bits per heavy atom. The van der Waals surface area contributed by atoms with E-state index in [0.717, 1.165) is 32.2 Å². The van der Waals surface area contributed by atoms with Gasteiger partial charge in [-0.15, -0.1) is 6.42 Å². The van der Waals surface area contributed by atoms with E-state index in [-0.39, 0.29) is 46.8 Å². The number of benzene rings is 3. The second-order valence-corrected chi connectivity index (χ2v) is 16.5. The third-order valence-electron chi connectivity index (χ3n) is 11.6. The van der Waals surface area contributed by atoms with Gasteiger partial charge in [-0.3, -0.25) is 9.80 Å². The summed E-state index contributed by atoms with van der Waals surface area (Å²) in [6.07, 6.45) is 8.04. The van der Waals surface area contributed by atoms with E-state index in [1.54, 1.807) is 24.3 Å². The second kappa shape index (κ2) is 13.2. The Morgan fingerprint density at radius 2 is 1.93 bits per heavy atom. The van der Waals surface area contributed by atoms with Crippen LogP contribution in [0.2, 0.25) is 0 Å². The Bertz CT molecular complexity index is 2200. The molecule has 9 nitrogen and oxygen atoms in total. The number of aromatic nitrogens is 2. The lowest BCUT2D eigenvalue weighted by Crippen LogP contribution is -2.63. The minimum absolute atomic E-state index is 0.0817. The number of halogens is 3.